The summed E-state index contributed by atoms with van der Waals surface area (Å²) in [6, 6.07) is 3.43. The van der Waals surface area contributed by atoms with Crippen molar-refractivity contribution in [3.05, 3.63) is 34.9 Å². The lowest BCUT2D eigenvalue weighted by atomic mass is 10.0. The topological polar surface area (TPSA) is 61.8 Å². The molecule has 0 aliphatic heterocycles. The molecule has 0 amide bonds. The van der Waals surface area contributed by atoms with Gasteiger partial charge in [-0.15, -0.1) is 0 Å². The largest absolute Gasteiger partial charge is 0.514 e. The first-order chi connectivity index (χ1) is 10.1. The molecule has 1 rings (SSSR count). The van der Waals surface area contributed by atoms with Gasteiger partial charge in [-0.05, 0) is 69.5 Å². The lowest BCUT2D eigenvalue weighted by Gasteiger charge is -2.19. The third-order valence-corrected chi connectivity index (χ3v) is 2.75. The maximum Gasteiger partial charge on any atom is 0.514 e. The summed E-state index contributed by atoms with van der Waals surface area (Å²) < 4.78 is 14.8. The molecule has 0 aliphatic carbocycles. The monoisotopic (exact) mass is 306 g/mol. The Morgan fingerprint density at radius 2 is 1.64 bits per heavy atom. The summed E-state index contributed by atoms with van der Waals surface area (Å²) >= 11 is 0. The molecule has 0 saturated carbocycles. The van der Waals surface area contributed by atoms with E-state index < -0.39 is 17.7 Å². The van der Waals surface area contributed by atoms with E-state index in [1.807, 2.05) is 13.8 Å². The molecular formula is C17H22O5. The van der Waals surface area contributed by atoms with Gasteiger partial charge in [0.15, 0.2) is 0 Å². The van der Waals surface area contributed by atoms with Crippen molar-refractivity contribution in [2.75, 3.05) is 7.11 Å². The van der Waals surface area contributed by atoms with Crippen LogP contribution >= 0.6 is 0 Å². The van der Waals surface area contributed by atoms with Crippen molar-refractivity contribution >= 4 is 18.2 Å². The minimum Gasteiger partial charge on any atom is -0.466 e. The molecule has 0 saturated heterocycles. The summed E-state index contributed by atoms with van der Waals surface area (Å²) in [7, 11) is 1.32. The van der Waals surface area contributed by atoms with E-state index in [4.69, 9.17) is 9.47 Å². The molecule has 0 fully saturated rings. The van der Waals surface area contributed by atoms with Crippen LogP contribution in [0.4, 0.5) is 4.79 Å². The number of ether oxygens (including phenoxy) is 3. The van der Waals surface area contributed by atoms with E-state index in [1.165, 1.54) is 13.2 Å². The van der Waals surface area contributed by atoms with E-state index in [-0.39, 0.29) is 0 Å². The SMILES string of the molecule is COC(=O)/C=C/c1c(C)cc(OC(=O)OC(C)(C)C)cc1C. The van der Waals surface area contributed by atoms with Crippen molar-refractivity contribution in [2.45, 2.75) is 40.2 Å². The Kier molecular flexibility index (Phi) is 5.74. The zero-order valence-electron chi connectivity index (χ0n) is 13.9. The normalized spacial score (nSPS) is 11.4. The summed E-state index contributed by atoms with van der Waals surface area (Å²) in [4.78, 5) is 22.8. The van der Waals surface area contributed by atoms with Crippen molar-refractivity contribution < 1.29 is 23.8 Å². The number of methoxy groups -OCH3 is 1. The number of hydrogen-bond acceptors (Lipinski definition) is 5. The smallest absolute Gasteiger partial charge is 0.466 e. The lowest BCUT2D eigenvalue weighted by Crippen LogP contribution is -2.26. The van der Waals surface area contributed by atoms with Crippen molar-refractivity contribution in [1.82, 2.24) is 0 Å². The van der Waals surface area contributed by atoms with Gasteiger partial charge in [0.1, 0.15) is 11.4 Å². The number of rotatable bonds is 3. The fourth-order valence-electron chi connectivity index (χ4n) is 1.84. The Hall–Kier alpha value is -2.30. The zero-order chi connectivity index (χ0) is 16.9. The predicted octanol–water partition coefficient (Wildman–Crippen LogP) is 3.80. The van der Waals surface area contributed by atoms with E-state index in [2.05, 4.69) is 4.74 Å². The van der Waals surface area contributed by atoms with Crippen LogP contribution in [-0.4, -0.2) is 24.8 Å². The van der Waals surface area contributed by atoms with Crippen molar-refractivity contribution in [2.24, 2.45) is 0 Å². The molecular weight excluding hydrogens is 284 g/mol. The van der Waals surface area contributed by atoms with Crippen LogP contribution in [0.1, 0.15) is 37.5 Å². The van der Waals surface area contributed by atoms with Gasteiger partial charge in [-0.25, -0.2) is 9.59 Å². The molecule has 1 aromatic carbocycles. The van der Waals surface area contributed by atoms with Gasteiger partial charge < -0.3 is 14.2 Å². The molecule has 5 heteroatoms. The van der Waals surface area contributed by atoms with Gasteiger partial charge in [-0.3, -0.25) is 0 Å². The summed E-state index contributed by atoms with van der Waals surface area (Å²) in [6.07, 6.45) is 2.28. The predicted molar refractivity (Wildman–Crippen MR) is 83.8 cm³/mol. The first kappa shape index (κ1) is 17.8. The maximum absolute atomic E-state index is 11.7. The van der Waals surface area contributed by atoms with Crippen LogP contribution in [-0.2, 0) is 14.3 Å². The number of carbonyl (C=O) groups is 2. The fraction of sp³-hybridized carbons (Fsp3) is 0.412. The quantitative estimate of drug-likeness (QED) is 0.483. The molecule has 0 radical (unpaired) electrons. The van der Waals surface area contributed by atoms with Gasteiger partial charge in [-0.1, -0.05) is 0 Å². The highest BCUT2D eigenvalue weighted by Crippen LogP contribution is 2.24. The summed E-state index contributed by atoms with van der Waals surface area (Å²) in [5, 5.41) is 0. The average molecular weight is 306 g/mol. The average Bonchev–Trinajstić information content (AvgIpc) is 2.34. The molecule has 0 aromatic heterocycles. The van der Waals surface area contributed by atoms with Crippen molar-refractivity contribution in [1.29, 1.82) is 0 Å². The van der Waals surface area contributed by atoms with Crippen molar-refractivity contribution in [3.8, 4) is 5.75 Å². The van der Waals surface area contributed by atoms with Crippen LogP contribution in [0, 0.1) is 13.8 Å². The minimum atomic E-state index is -0.746. The van der Waals surface area contributed by atoms with Gasteiger partial charge in [-0.2, -0.15) is 0 Å². The van der Waals surface area contributed by atoms with E-state index in [1.54, 1.807) is 39.0 Å². The molecule has 5 nitrogen and oxygen atoms in total. The van der Waals surface area contributed by atoms with Crippen LogP contribution in [0.15, 0.2) is 18.2 Å². The zero-order valence-corrected chi connectivity index (χ0v) is 13.9. The van der Waals surface area contributed by atoms with E-state index >= 15 is 0 Å². The third-order valence-electron chi connectivity index (χ3n) is 2.75. The molecule has 0 unspecified atom stereocenters. The first-order valence-corrected chi connectivity index (χ1v) is 6.90. The van der Waals surface area contributed by atoms with Crippen LogP contribution in [0.2, 0.25) is 0 Å². The van der Waals surface area contributed by atoms with Gasteiger partial charge in [0.2, 0.25) is 0 Å². The minimum absolute atomic E-state index is 0.402. The Morgan fingerprint density at radius 3 is 2.09 bits per heavy atom. The van der Waals surface area contributed by atoms with E-state index in [0.717, 1.165) is 16.7 Å². The third kappa shape index (κ3) is 5.60. The molecule has 0 heterocycles. The molecule has 22 heavy (non-hydrogen) atoms. The summed E-state index contributed by atoms with van der Waals surface area (Å²) in [6.45, 7) is 9.04. The Labute approximate surface area is 130 Å². The van der Waals surface area contributed by atoms with Crippen LogP contribution in [0.5, 0.6) is 5.75 Å². The second-order valence-corrected chi connectivity index (χ2v) is 5.89. The molecule has 1 aromatic rings. The van der Waals surface area contributed by atoms with Gasteiger partial charge >= 0.3 is 12.1 Å². The number of aryl methyl sites for hydroxylation is 2. The standard InChI is InChI=1S/C17H22O5/c1-11-9-13(21-16(19)22-17(3,4)5)10-12(2)14(11)7-8-15(18)20-6/h7-10H,1-6H3/b8-7+. The second-order valence-electron chi connectivity index (χ2n) is 5.89. The van der Waals surface area contributed by atoms with Crippen molar-refractivity contribution in [3.63, 3.8) is 0 Å². The number of carbonyl (C=O) groups excluding carboxylic acids is 2. The summed E-state index contributed by atoms with van der Waals surface area (Å²) in [5.41, 5.74) is 2.02. The molecule has 0 aliphatic rings. The lowest BCUT2D eigenvalue weighted by molar-refractivity contribution is -0.134. The Bertz CT molecular complexity index is 571. The molecule has 0 atom stereocenters. The van der Waals surface area contributed by atoms with Gasteiger partial charge in [0.05, 0.1) is 7.11 Å². The van der Waals surface area contributed by atoms with E-state index in [9.17, 15) is 9.59 Å². The van der Waals surface area contributed by atoms with E-state index in [0.29, 0.717) is 5.75 Å². The number of hydrogen-bond donors (Lipinski definition) is 0. The highest BCUT2D eigenvalue weighted by atomic mass is 16.7. The first-order valence-electron chi connectivity index (χ1n) is 6.90. The van der Waals surface area contributed by atoms with Crippen LogP contribution in [0.3, 0.4) is 0 Å². The molecule has 120 valence electrons. The Balaban J connectivity index is 2.92. The summed E-state index contributed by atoms with van der Waals surface area (Å²) in [5.74, 6) is -0.0210. The fourth-order valence-corrected chi connectivity index (χ4v) is 1.84. The van der Waals surface area contributed by atoms with Gasteiger partial charge in [0.25, 0.3) is 0 Å². The number of esters is 1. The molecule has 0 bridgehead atoms. The van der Waals surface area contributed by atoms with Crippen LogP contribution in [0.25, 0.3) is 6.08 Å². The highest BCUT2D eigenvalue weighted by Gasteiger charge is 2.18. The Morgan fingerprint density at radius 1 is 1.09 bits per heavy atom. The number of benzene rings is 1. The molecule has 0 spiro atoms. The maximum atomic E-state index is 11.7. The van der Waals surface area contributed by atoms with Crippen LogP contribution < -0.4 is 4.74 Å². The van der Waals surface area contributed by atoms with Gasteiger partial charge in [0, 0.05) is 6.08 Å². The highest BCUT2D eigenvalue weighted by molar-refractivity contribution is 5.87. The molecule has 0 N–H and O–H groups in total. The second kappa shape index (κ2) is 7.11.